The number of hydrogen-bond acceptors (Lipinski definition) is 7. The van der Waals surface area contributed by atoms with Crippen molar-refractivity contribution in [1.82, 2.24) is 4.90 Å². The van der Waals surface area contributed by atoms with E-state index in [2.05, 4.69) is 5.32 Å². The molecule has 212 valence electrons. The summed E-state index contributed by atoms with van der Waals surface area (Å²) in [5, 5.41) is 14.6. The highest BCUT2D eigenvalue weighted by molar-refractivity contribution is 6.16. The maximum atomic E-state index is 14.9. The molecule has 0 saturated carbocycles. The monoisotopic (exact) mass is 571 g/mol. The van der Waals surface area contributed by atoms with E-state index in [1.807, 2.05) is 48.5 Å². The Morgan fingerprint density at radius 3 is 2.42 bits per heavy atom. The highest BCUT2D eigenvalue weighted by Crippen LogP contribution is 2.62. The third kappa shape index (κ3) is 3.74. The molecule has 1 spiro atoms. The van der Waals surface area contributed by atoms with Crippen molar-refractivity contribution < 1.29 is 24.0 Å². The molecule has 4 aromatic carbocycles. The second kappa shape index (κ2) is 9.77. The summed E-state index contributed by atoms with van der Waals surface area (Å²) in [5.41, 5.74) is 1.49. The standard InChI is InChI=1S/C34H25N3O6/c1-43-24-12-7-10-22(19-24)30(38)28-29(31(39)21-9-6-11-23(18-21)37(41)42)36-17-16-20-8-2-3-13-25(20)32(36)34(28)26-14-4-5-15-27(26)35-33(34)40/h2-19,28-29,32H,1H3,(H,35,40)/t28-,29+,32-,34+/m0/s1. The Labute approximate surface area is 246 Å². The summed E-state index contributed by atoms with van der Waals surface area (Å²) in [6.07, 6.45) is 3.63. The zero-order valence-corrected chi connectivity index (χ0v) is 23.0. The fraction of sp³-hybridized carbons (Fsp3) is 0.147. The number of benzene rings is 4. The first-order chi connectivity index (χ1) is 20.9. The highest BCUT2D eigenvalue weighted by atomic mass is 16.6. The van der Waals surface area contributed by atoms with Gasteiger partial charge in [-0.25, -0.2) is 0 Å². The second-order valence-corrected chi connectivity index (χ2v) is 10.9. The second-order valence-electron chi connectivity index (χ2n) is 10.9. The number of rotatable bonds is 6. The molecular formula is C34H25N3O6. The molecular weight excluding hydrogens is 546 g/mol. The molecule has 4 aromatic rings. The number of nitrogens with zero attached hydrogens (tertiary/aromatic N) is 2. The van der Waals surface area contributed by atoms with Crippen LogP contribution in [0.3, 0.4) is 0 Å². The van der Waals surface area contributed by atoms with E-state index < -0.39 is 39.9 Å². The number of methoxy groups -OCH3 is 1. The number of Topliss-reactive ketones (excluding diaryl/α,β-unsaturated/α-hetero) is 2. The fourth-order valence-corrected chi connectivity index (χ4v) is 7.07. The lowest BCUT2D eigenvalue weighted by Gasteiger charge is -2.38. The summed E-state index contributed by atoms with van der Waals surface area (Å²) in [6.45, 7) is 0. The average Bonchev–Trinajstić information content (AvgIpc) is 3.52. The molecule has 4 atom stereocenters. The van der Waals surface area contributed by atoms with Crippen LogP contribution in [0.5, 0.6) is 5.75 Å². The van der Waals surface area contributed by atoms with Crippen molar-refractivity contribution in [2.75, 3.05) is 12.4 Å². The van der Waals surface area contributed by atoms with Crippen LogP contribution in [0.25, 0.3) is 6.08 Å². The van der Waals surface area contributed by atoms with Gasteiger partial charge in [-0.3, -0.25) is 24.5 Å². The molecule has 0 aliphatic carbocycles. The molecule has 1 fully saturated rings. The Kier molecular flexibility index (Phi) is 5.98. The van der Waals surface area contributed by atoms with Crippen LogP contribution in [0, 0.1) is 16.0 Å². The number of carbonyl (C=O) groups is 3. The van der Waals surface area contributed by atoms with Crippen LogP contribution < -0.4 is 10.1 Å². The normalized spacial score (nSPS) is 22.9. The number of ether oxygens (including phenoxy) is 1. The molecule has 0 bridgehead atoms. The number of anilines is 1. The lowest BCUT2D eigenvalue weighted by Crippen LogP contribution is -2.49. The summed E-state index contributed by atoms with van der Waals surface area (Å²) in [4.78, 5) is 56.8. The Bertz CT molecular complexity index is 1880. The number of nitro groups is 1. The van der Waals surface area contributed by atoms with Gasteiger partial charge in [0.25, 0.3) is 5.69 Å². The molecule has 1 saturated heterocycles. The molecule has 7 rings (SSSR count). The summed E-state index contributed by atoms with van der Waals surface area (Å²) in [7, 11) is 1.50. The van der Waals surface area contributed by atoms with Crippen molar-refractivity contribution in [2.45, 2.75) is 17.5 Å². The average molecular weight is 572 g/mol. The molecule has 1 amide bonds. The molecule has 3 heterocycles. The Morgan fingerprint density at radius 1 is 0.907 bits per heavy atom. The van der Waals surface area contributed by atoms with Gasteiger partial charge in [-0.1, -0.05) is 66.7 Å². The van der Waals surface area contributed by atoms with Gasteiger partial charge in [0.1, 0.15) is 17.2 Å². The topological polar surface area (TPSA) is 119 Å². The van der Waals surface area contributed by atoms with Crippen molar-refractivity contribution in [1.29, 1.82) is 0 Å². The third-order valence-electron chi connectivity index (χ3n) is 8.82. The van der Waals surface area contributed by atoms with Gasteiger partial charge >= 0.3 is 0 Å². The van der Waals surface area contributed by atoms with Crippen LogP contribution in [0.1, 0.15) is 43.4 Å². The van der Waals surface area contributed by atoms with E-state index in [0.717, 1.165) is 11.1 Å². The lowest BCUT2D eigenvalue weighted by molar-refractivity contribution is -0.384. The molecule has 9 heteroatoms. The van der Waals surface area contributed by atoms with Crippen LogP contribution >= 0.6 is 0 Å². The molecule has 0 unspecified atom stereocenters. The van der Waals surface area contributed by atoms with Crippen molar-refractivity contribution >= 4 is 34.9 Å². The molecule has 43 heavy (non-hydrogen) atoms. The van der Waals surface area contributed by atoms with Crippen molar-refractivity contribution in [2.24, 2.45) is 5.92 Å². The fourth-order valence-electron chi connectivity index (χ4n) is 7.07. The Hall–Kier alpha value is -5.57. The third-order valence-corrected chi connectivity index (χ3v) is 8.82. The van der Waals surface area contributed by atoms with Crippen molar-refractivity contribution in [3.63, 3.8) is 0 Å². The molecule has 0 radical (unpaired) electrons. The molecule has 1 N–H and O–H groups in total. The molecule has 0 aromatic heterocycles. The number of amides is 1. The number of para-hydroxylation sites is 1. The number of hydrogen-bond donors (Lipinski definition) is 1. The summed E-state index contributed by atoms with van der Waals surface area (Å²) >= 11 is 0. The van der Waals surface area contributed by atoms with Gasteiger partial charge in [-0.2, -0.15) is 0 Å². The van der Waals surface area contributed by atoms with Crippen LogP contribution in [-0.2, 0) is 10.2 Å². The predicted molar refractivity (Wildman–Crippen MR) is 159 cm³/mol. The SMILES string of the molecule is COc1cccc(C(=O)[C@@H]2[C@H](C(=O)c3cccc([N+](=O)[O-])c3)N3C=Cc4ccccc4[C@H]3[C@]23C(=O)Nc2ccccc23)c1. The van der Waals surface area contributed by atoms with Gasteiger partial charge in [0.05, 0.1) is 24.0 Å². The zero-order valence-electron chi connectivity index (χ0n) is 23.0. The van der Waals surface area contributed by atoms with E-state index in [9.17, 15) is 24.5 Å². The minimum atomic E-state index is -1.50. The van der Waals surface area contributed by atoms with Gasteiger partial charge < -0.3 is 15.0 Å². The predicted octanol–water partition coefficient (Wildman–Crippen LogP) is 5.59. The maximum absolute atomic E-state index is 14.9. The van der Waals surface area contributed by atoms with Gasteiger partial charge in [0.15, 0.2) is 11.6 Å². The first-order valence-corrected chi connectivity index (χ1v) is 13.8. The summed E-state index contributed by atoms with van der Waals surface area (Å²) < 4.78 is 5.40. The molecule has 3 aliphatic heterocycles. The number of ketones is 2. The minimum absolute atomic E-state index is 0.0809. The van der Waals surface area contributed by atoms with Gasteiger partial charge in [0, 0.05) is 35.1 Å². The first-order valence-electron chi connectivity index (χ1n) is 13.8. The molecule has 9 nitrogen and oxygen atoms in total. The van der Waals surface area contributed by atoms with E-state index in [1.165, 1.54) is 31.4 Å². The number of carbonyl (C=O) groups excluding carboxylic acids is 3. The quantitative estimate of drug-likeness (QED) is 0.182. The Morgan fingerprint density at radius 2 is 1.63 bits per heavy atom. The van der Waals surface area contributed by atoms with Crippen LogP contribution in [0.15, 0.2) is 103 Å². The first kappa shape index (κ1) is 26.3. The summed E-state index contributed by atoms with van der Waals surface area (Å²) in [6, 6.07) is 25.1. The Balaban J connectivity index is 1.53. The zero-order chi connectivity index (χ0) is 29.9. The lowest BCUT2D eigenvalue weighted by atomic mass is 9.62. The van der Waals surface area contributed by atoms with Crippen LogP contribution in [0.4, 0.5) is 11.4 Å². The number of fused-ring (bicyclic) bond motifs is 6. The smallest absolute Gasteiger partial charge is 0.270 e. The van der Waals surface area contributed by atoms with Crippen LogP contribution in [0.2, 0.25) is 0 Å². The van der Waals surface area contributed by atoms with Crippen LogP contribution in [-0.4, -0.2) is 40.4 Å². The highest BCUT2D eigenvalue weighted by Gasteiger charge is 2.70. The largest absolute Gasteiger partial charge is 0.497 e. The van der Waals surface area contributed by atoms with E-state index in [4.69, 9.17) is 4.74 Å². The van der Waals surface area contributed by atoms with Gasteiger partial charge in [0.2, 0.25) is 5.91 Å². The minimum Gasteiger partial charge on any atom is -0.497 e. The van der Waals surface area contributed by atoms with E-state index >= 15 is 0 Å². The van der Waals surface area contributed by atoms with Gasteiger partial charge in [-0.05, 0) is 41.0 Å². The van der Waals surface area contributed by atoms with E-state index in [0.29, 0.717) is 17.0 Å². The summed E-state index contributed by atoms with van der Waals surface area (Å²) in [5.74, 6) is -2.03. The number of non-ortho nitro benzene ring substituents is 1. The van der Waals surface area contributed by atoms with Crippen molar-refractivity contribution in [3.8, 4) is 5.75 Å². The van der Waals surface area contributed by atoms with E-state index in [-0.39, 0.29) is 22.7 Å². The molecule has 3 aliphatic rings. The van der Waals surface area contributed by atoms with Crippen molar-refractivity contribution in [3.05, 3.63) is 141 Å². The number of nitrogens with one attached hydrogen (secondary N) is 1. The van der Waals surface area contributed by atoms with Gasteiger partial charge in [-0.15, -0.1) is 0 Å². The number of nitro benzene ring substituents is 1. The van der Waals surface area contributed by atoms with E-state index in [1.54, 1.807) is 41.4 Å². The maximum Gasteiger partial charge on any atom is 0.270 e.